The van der Waals surface area contributed by atoms with Crippen LogP contribution < -0.4 is 5.32 Å². The zero-order valence-electron chi connectivity index (χ0n) is 9.61. The highest BCUT2D eigenvalue weighted by molar-refractivity contribution is 6.45. The van der Waals surface area contributed by atoms with E-state index in [9.17, 15) is 4.79 Å². The Hall–Kier alpha value is -2.72. The van der Waals surface area contributed by atoms with Crippen molar-refractivity contribution in [3.63, 3.8) is 0 Å². The fourth-order valence-corrected chi connectivity index (χ4v) is 1.69. The maximum Gasteiger partial charge on any atom is 0.337 e. The molecule has 6 nitrogen and oxygen atoms in total. The van der Waals surface area contributed by atoms with E-state index in [0.29, 0.717) is 0 Å². The number of anilines is 1. The van der Waals surface area contributed by atoms with Gasteiger partial charge in [0.2, 0.25) is 0 Å². The molecule has 2 N–H and O–H groups in total. The Morgan fingerprint density at radius 1 is 1.10 bits per heavy atom. The quantitative estimate of drug-likeness (QED) is 0.828. The van der Waals surface area contributed by atoms with Crippen LogP contribution in [0.3, 0.4) is 0 Å². The van der Waals surface area contributed by atoms with Crippen molar-refractivity contribution in [1.29, 1.82) is 15.8 Å². The third-order valence-electron chi connectivity index (χ3n) is 2.16. The van der Waals surface area contributed by atoms with Crippen LogP contribution in [-0.4, -0.2) is 11.1 Å². The molecule has 0 heterocycles. The highest BCUT2D eigenvalue weighted by atomic mass is 35.5. The number of rotatable bonds is 3. The van der Waals surface area contributed by atoms with Gasteiger partial charge in [-0.1, -0.05) is 23.2 Å². The van der Waals surface area contributed by atoms with E-state index in [-0.39, 0.29) is 27.0 Å². The van der Waals surface area contributed by atoms with Crippen molar-refractivity contribution in [1.82, 2.24) is 0 Å². The van der Waals surface area contributed by atoms with E-state index in [2.05, 4.69) is 5.32 Å². The highest BCUT2D eigenvalue weighted by Gasteiger charge is 2.16. The Balaban J connectivity index is 3.33. The van der Waals surface area contributed by atoms with Crippen LogP contribution in [-0.2, 0) is 0 Å². The van der Waals surface area contributed by atoms with Gasteiger partial charge in [-0.2, -0.15) is 15.8 Å². The van der Waals surface area contributed by atoms with Crippen LogP contribution in [0, 0.1) is 34.0 Å². The Kier molecular flexibility index (Phi) is 4.94. The van der Waals surface area contributed by atoms with Gasteiger partial charge < -0.3 is 10.4 Å². The summed E-state index contributed by atoms with van der Waals surface area (Å²) in [6.45, 7) is 0. The van der Waals surface area contributed by atoms with E-state index < -0.39 is 11.5 Å². The average Bonchev–Trinajstić information content (AvgIpc) is 2.43. The van der Waals surface area contributed by atoms with Gasteiger partial charge in [-0.15, -0.1) is 0 Å². The minimum absolute atomic E-state index is 0.112. The van der Waals surface area contributed by atoms with Crippen molar-refractivity contribution < 1.29 is 9.90 Å². The van der Waals surface area contributed by atoms with Gasteiger partial charge in [0.05, 0.1) is 21.3 Å². The summed E-state index contributed by atoms with van der Waals surface area (Å²) >= 11 is 11.7. The van der Waals surface area contributed by atoms with Crippen LogP contribution in [0.1, 0.15) is 10.4 Å². The number of carbonyl (C=O) groups is 1. The molecule has 1 aromatic carbocycles. The number of benzene rings is 1. The predicted octanol–water partition coefficient (Wildman–Crippen LogP) is 2.93. The summed E-state index contributed by atoms with van der Waals surface area (Å²) < 4.78 is 0. The molecule has 0 spiro atoms. The molecule has 0 radical (unpaired) electrons. The molecule has 0 saturated heterocycles. The van der Waals surface area contributed by atoms with E-state index in [4.69, 9.17) is 44.1 Å². The molecule has 0 amide bonds. The third kappa shape index (κ3) is 2.99. The standard InChI is InChI=1S/C12H4Cl2N4O2/c13-10-7(12(19)20)1-2-8(11(10)14)18-9(5-17)6(3-15)4-16/h1-2,18H,(H,19,20). The number of carboxylic acids is 1. The van der Waals surface area contributed by atoms with E-state index in [0.717, 1.165) is 0 Å². The monoisotopic (exact) mass is 306 g/mol. The second-order valence-electron chi connectivity index (χ2n) is 3.30. The number of carboxylic acid groups (broad SMARTS) is 1. The van der Waals surface area contributed by atoms with Crippen molar-refractivity contribution in [3.8, 4) is 18.2 Å². The Bertz CT molecular complexity index is 720. The van der Waals surface area contributed by atoms with Crippen molar-refractivity contribution >= 4 is 34.9 Å². The van der Waals surface area contributed by atoms with E-state index in [1.54, 1.807) is 18.2 Å². The van der Waals surface area contributed by atoms with Crippen LogP contribution in [0.4, 0.5) is 5.69 Å². The van der Waals surface area contributed by atoms with Crippen LogP contribution in [0.5, 0.6) is 0 Å². The normalized spacial score (nSPS) is 8.75. The Labute approximate surface area is 123 Å². The van der Waals surface area contributed by atoms with E-state index in [1.807, 2.05) is 0 Å². The van der Waals surface area contributed by atoms with Gasteiger partial charge in [-0.05, 0) is 12.1 Å². The van der Waals surface area contributed by atoms with E-state index >= 15 is 0 Å². The summed E-state index contributed by atoms with van der Waals surface area (Å²) in [7, 11) is 0. The molecule has 0 aliphatic heterocycles. The fourth-order valence-electron chi connectivity index (χ4n) is 1.23. The molecule has 98 valence electrons. The molecular formula is C12H4Cl2N4O2. The first-order chi connectivity index (χ1) is 9.46. The van der Waals surface area contributed by atoms with Gasteiger partial charge in [0, 0.05) is 0 Å². The van der Waals surface area contributed by atoms with Crippen LogP contribution in [0.2, 0.25) is 10.0 Å². The minimum Gasteiger partial charge on any atom is -0.478 e. The van der Waals surface area contributed by atoms with Gasteiger partial charge in [-0.25, -0.2) is 4.79 Å². The molecule has 0 aromatic heterocycles. The number of nitriles is 3. The van der Waals surface area contributed by atoms with Crippen molar-refractivity contribution in [2.24, 2.45) is 0 Å². The van der Waals surface area contributed by atoms with Gasteiger partial charge in [-0.3, -0.25) is 0 Å². The van der Waals surface area contributed by atoms with E-state index in [1.165, 1.54) is 12.1 Å². The molecule has 0 aliphatic rings. The molecular weight excluding hydrogens is 303 g/mol. The number of halogens is 2. The molecule has 8 heteroatoms. The van der Waals surface area contributed by atoms with Gasteiger partial charge in [0.25, 0.3) is 0 Å². The lowest BCUT2D eigenvalue weighted by Gasteiger charge is -2.09. The summed E-state index contributed by atoms with van der Waals surface area (Å²) in [4.78, 5) is 10.9. The highest BCUT2D eigenvalue weighted by Crippen LogP contribution is 2.33. The number of hydrogen-bond donors (Lipinski definition) is 2. The lowest BCUT2D eigenvalue weighted by atomic mass is 10.2. The summed E-state index contributed by atoms with van der Waals surface area (Å²) in [6.07, 6.45) is 0. The lowest BCUT2D eigenvalue weighted by Crippen LogP contribution is -2.04. The van der Waals surface area contributed by atoms with Crippen LogP contribution >= 0.6 is 23.2 Å². The summed E-state index contributed by atoms with van der Waals surface area (Å²) in [6, 6.07) is 7.21. The third-order valence-corrected chi connectivity index (χ3v) is 3.04. The Morgan fingerprint density at radius 3 is 2.15 bits per heavy atom. The number of nitrogens with zero attached hydrogens (tertiary/aromatic N) is 3. The predicted molar refractivity (Wildman–Crippen MR) is 70.9 cm³/mol. The van der Waals surface area contributed by atoms with Crippen molar-refractivity contribution in [2.75, 3.05) is 5.32 Å². The first-order valence-electron chi connectivity index (χ1n) is 4.89. The van der Waals surface area contributed by atoms with Crippen molar-refractivity contribution in [3.05, 3.63) is 39.0 Å². The molecule has 0 saturated carbocycles. The van der Waals surface area contributed by atoms with Crippen molar-refractivity contribution in [2.45, 2.75) is 0 Å². The zero-order chi connectivity index (χ0) is 15.3. The van der Waals surface area contributed by atoms with Gasteiger partial charge in [0.15, 0.2) is 5.57 Å². The largest absolute Gasteiger partial charge is 0.478 e. The zero-order valence-corrected chi connectivity index (χ0v) is 11.1. The first-order valence-corrected chi connectivity index (χ1v) is 5.64. The molecule has 20 heavy (non-hydrogen) atoms. The second kappa shape index (κ2) is 6.45. The minimum atomic E-state index is -1.26. The Morgan fingerprint density at radius 2 is 1.70 bits per heavy atom. The molecule has 0 atom stereocenters. The smallest absolute Gasteiger partial charge is 0.337 e. The number of allylic oxidation sites excluding steroid dienone is 2. The second-order valence-corrected chi connectivity index (χ2v) is 4.06. The topological polar surface area (TPSA) is 121 Å². The maximum atomic E-state index is 10.9. The number of aromatic carboxylic acids is 1. The van der Waals surface area contributed by atoms with Crippen LogP contribution in [0.15, 0.2) is 23.4 Å². The number of nitrogens with one attached hydrogen (secondary N) is 1. The number of hydrogen-bond acceptors (Lipinski definition) is 5. The molecule has 1 aromatic rings. The molecule has 1 rings (SSSR count). The maximum absolute atomic E-state index is 10.9. The average molecular weight is 307 g/mol. The fraction of sp³-hybridized carbons (Fsp3) is 0. The molecule has 0 aliphatic carbocycles. The first kappa shape index (κ1) is 15.3. The lowest BCUT2D eigenvalue weighted by molar-refractivity contribution is 0.0697. The van der Waals surface area contributed by atoms with Gasteiger partial charge in [0.1, 0.15) is 23.9 Å². The summed E-state index contributed by atoms with van der Waals surface area (Å²) in [5.74, 6) is -1.26. The molecule has 0 unspecified atom stereocenters. The van der Waals surface area contributed by atoms with Crippen LogP contribution in [0.25, 0.3) is 0 Å². The molecule has 0 bridgehead atoms. The SMILES string of the molecule is N#CC(C#N)=C(C#N)Nc1ccc(C(=O)O)c(Cl)c1Cl. The summed E-state index contributed by atoms with van der Waals surface area (Å²) in [5, 5.41) is 37.2. The summed E-state index contributed by atoms with van der Waals surface area (Å²) in [5.41, 5.74) is -0.829. The van der Waals surface area contributed by atoms with Gasteiger partial charge >= 0.3 is 5.97 Å². The molecule has 0 fully saturated rings.